The first-order valence-corrected chi connectivity index (χ1v) is 8.55. The molecule has 0 aromatic rings. The van der Waals surface area contributed by atoms with Crippen molar-refractivity contribution in [3.05, 3.63) is 70.8 Å². The summed E-state index contributed by atoms with van der Waals surface area (Å²) in [4.78, 5) is 5.94. The minimum absolute atomic E-state index is 0.263. The van der Waals surface area contributed by atoms with Gasteiger partial charge in [0.05, 0.1) is 0 Å². The third kappa shape index (κ3) is 4.24. The molecule has 0 aliphatic heterocycles. The van der Waals surface area contributed by atoms with Crippen LogP contribution in [0.25, 0.3) is 11.1 Å². The van der Waals surface area contributed by atoms with Crippen LogP contribution in [0.1, 0.15) is 12.8 Å². The van der Waals surface area contributed by atoms with Crippen LogP contribution in [0.2, 0.25) is 11.1 Å². The molecule has 0 bridgehead atoms. The second-order valence-electron chi connectivity index (χ2n) is 4.99. The normalized spacial score (nSPS) is 18.3. The number of rotatable bonds is 6. The highest BCUT2D eigenvalue weighted by molar-refractivity contribution is 6.44. The van der Waals surface area contributed by atoms with E-state index in [1.807, 2.05) is 12.2 Å². The second kappa shape index (κ2) is 7.93. The summed E-state index contributed by atoms with van der Waals surface area (Å²) in [5.74, 6) is 5.11. The van der Waals surface area contributed by atoms with Crippen molar-refractivity contribution in [2.75, 3.05) is 0 Å². The highest BCUT2D eigenvalue weighted by Gasteiger charge is 2.22. The summed E-state index contributed by atoms with van der Waals surface area (Å²) in [6.07, 6.45) is 18.1. The molecule has 2 atom stereocenters. The van der Waals surface area contributed by atoms with Crippen molar-refractivity contribution in [1.82, 2.24) is 0 Å². The Morgan fingerprint density at radius 2 is 1.43 bits per heavy atom. The molecular formula is C16H16N4Si. The summed E-state index contributed by atoms with van der Waals surface area (Å²) in [5.41, 5.74) is 20.4. The summed E-state index contributed by atoms with van der Waals surface area (Å²) in [7, 11) is -0.655. The summed E-state index contributed by atoms with van der Waals surface area (Å²) in [5, 5.41) is 0. The Labute approximate surface area is 126 Å². The van der Waals surface area contributed by atoms with Crippen molar-refractivity contribution >= 4 is 21.3 Å². The van der Waals surface area contributed by atoms with E-state index in [1.54, 1.807) is 0 Å². The first-order valence-electron chi connectivity index (χ1n) is 6.92. The van der Waals surface area contributed by atoms with Gasteiger partial charge in [0.1, 0.15) is 0 Å². The molecule has 4 nitrogen and oxygen atoms in total. The lowest BCUT2D eigenvalue weighted by Gasteiger charge is -2.18. The smallest absolute Gasteiger partial charge is 0.295 e. The third-order valence-electron chi connectivity index (χ3n) is 3.73. The predicted molar refractivity (Wildman–Crippen MR) is 86.1 cm³/mol. The Morgan fingerprint density at radius 3 is 1.76 bits per heavy atom. The van der Waals surface area contributed by atoms with Crippen molar-refractivity contribution in [3.8, 4) is 0 Å². The van der Waals surface area contributed by atoms with E-state index in [4.69, 9.17) is 11.1 Å². The molecule has 0 amide bonds. The van der Waals surface area contributed by atoms with Crippen LogP contribution in [-0.2, 0) is 0 Å². The van der Waals surface area contributed by atoms with Crippen LogP contribution < -0.4 is 0 Å². The molecule has 0 spiro atoms. The van der Waals surface area contributed by atoms with E-state index >= 15 is 0 Å². The number of nitrogens with zero attached hydrogens (tertiary/aromatic N) is 4. The molecule has 2 aliphatic rings. The van der Waals surface area contributed by atoms with Gasteiger partial charge in [-0.1, -0.05) is 47.6 Å². The number of hydrogen-bond acceptors (Lipinski definition) is 0. The fraction of sp³-hybridized carbons (Fsp3) is 0.250. The van der Waals surface area contributed by atoms with E-state index in [0.29, 0.717) is 0 Å². The van der Waals surface area contributed by atoms with Gasteiger partial charge in [0.25, 0.3) is 11.7 Å². The zero-order valence-electron chi connectivity index (χ0n) is 11.7. The molecule has 21 heavy (non-hydrogen) atoms. The molecule has 0 saturated carbocycles. The Hall–Kier alpha value is -2.50. The van der Waals surface area contributed by atoms with Crippen molar-refractivity contribution in [2.24, 2.45) is 0 Å². The quantitative estimate of drug-likeness (QED) is 0.312. The molecule has 0 fully saturated rings. The summed E-state index contributed by atoms with van der Waals surface area (Å²) in [6, 6.07) is 0. The lowest BCUT2D eigenvalue weighted by molar-refractivity contribution is 0.00750. The first-order chi connectivity index (χ1) is 10.3. The molecule has 104 valence electrons. The van der Waals surface area contributed by atoms with Crippen LogP contribution in [0.4, 0.5) is 0 Å². The molecule has 2 unspecified atom stereocenters. The number of allylic oxidation sites excluding steroid dienone is 10. The van der Waals surface area contributed by atoms with Gasteiger partial charge in [-0.25, -0.2) is 0 Å². The molecule has 0 radical (unpaired) electrons. The number of hydrogen-bond donors (Lipinski definition) is 0. The van der Waals surface area contributed by atoms with E-state index in [2.05, 4.69) is 57.8 Å². The maximum Gasteiger partial charge on any atom is 0.295 e. The molecule has 2 aliphatic carbocycles. The highest BCUT2D eigenvalue weighted by atomic mass is 28.2. The van der Waals surface area contributed by atoms with Crippen LogP contribution >= 0.6 is 0 Å². The standard InChI is InChI=1S/C16H16N4Si/c17-19-11-9-15(13-5-1-2-6-13)21-16(10-12-20-18)14-7-3-4-8-14/h1-5,7,9-10,15-16H,6,8,21H2. The lowest BCUT2D eigenvalue weighted by Crippen LogP contribution is -2.12. The van der Waals surface area contributed by atoms with Gasteiger partial charge in [-0.3, -0.25) is 0 Å². The van der Waals surface area contributed by atoms with Gasteiger partial charge in [-0.2, -0.15) is 0 Å². The van der Waals surface area contributed by atoms with Gasteiger partial charge in [0, 0.05) is 32.8 Å². The summed E-state index contributed by atoms with van der Waals surface area (Å²) >= 11 is 0. The van der Waals surface area contributed by atoms with Crippen LogP contribution in [0.3, 0.4) is 0 Å². The van der Waals surface area contributed by atoms with Crippen molar-refractivity contribution in [1.29, 1.82) is 0 Å². The molecule has 0 saturated heterocycles. The van der Waals surface area contributed by atoms with Crippen molar-refractivity contribution < 1.29 is 9.58 Å². The maximum absolute atomic E-state index is 8.62. The van der Waals surface area contributed by atoms with Crippen LogP contribution in [0.5, 0.6) is 0 Å². The van der Waals surface area contributed by atoms with Gasteiger partial charge in [-0.05, 0) is 12.8 Å². The SMILES string of the molecule is [N-]=[N+]=C=CC([SiH2]C(C=C=[N+]=[N-])C1=CC=CC1)C1=CC=CC1. The lowest BCUT2D eigenvalue weighted by atomic mass is 10.1. The van der Waals surface area contributed by atoms with E-state index in [0.717, 1.165) is 12.8 Å². The van der Waals surface area contributed by atoms with E-state index in [9.17, 15) is 0 Å². The Morgan fingerprint density at radius 1 is 0.952 bits per heavy atom. The molecule has 0 N–H and O–H groups in total. The highest BCUT2D eigenvalue weighted by Crippen LogP contribution is 2.33. The van der Waals surface area contributed by atoms with Gasteiger partial charge in [0.15, 0.2) is 0 Å². The molecular weight excluding hydrogens is 276 g/mol. The predicted octanol–water partition coefficient (Wildman–Crippen LogP) is 2.42. The minimum atomic E-state index is -0.655. The topological polar surface area (TPSA) is 72.8 Å². The van der Waals surface area contributed by atoms with Gasteiger partial charge < -0.3 is 11.1 Å². The molecule has 0 heterocycles. The van der Waals surface area contributed by atoms with Crippen LogP contribution in [0.15, 0.2) is 59.8 Å². The fourth-order valence-electron chi connectivity index (χ4n) is 2.65. The summed E-state index contributed by atoms with van der Waals surface area (Å²) < 4.78 is 0. The largest absolute Gasteiger partial charge is 0.348 e. The fourth-order valence-corrected chi connectivity index (χ4v) is 4.89. The third-order valence-corrected chi connectivity index (χ3v) is 6.26. The zero-order valence-corrected chi connectivity index (χ0v) is 13.1. The maximum atomic E-state index is 8.62. The van der Waals surface area contributed by atoms with Crippen molar-refractivity contribution in [3.63, 3.8) is 0 Å². The van der Waals surface area contributed by atoms with Crippen molar-refractivity contribution in [2.45, 2.75) is 23.9 Å². The molecule has 2 rings (SSSR count). The van der Waals surface area contributed by atoms with E-state index < -0.39 is 9.52 Å². The average Bonchev–Trinajstić information content (AvgIpc) is 3.19. The minimum Gasteiger partial charge on any atom is -0.348 e. The Bertz CT molecular complexity index is 628. The van der Waals surface area contributed by atoms with Gasteiger partial charge in [-0.15, -0.1) is 9.58 Å². The van der Waals surface area contributed by atoms with Gasteiger partial charge >= 0.3 is 0 Å². The molecule has 5 heteroatoms. The van der Waals surface area contributed by atoms with E-state index in [1.165, 1.54) is 11.1 Å². The average molecular weight is 292 g/mol. The summed E-state index contributed by atoms with van der Waals surface area (Å²) in [6.45, 7) is 0. The molecule has 0 aromatic carbocycles. The monoisotopic (exact) mass is 292 g/mol. The zero-order chi connectivity index (χ0) is 14.9. The Kier molecular flexibility index (Phi) is 5.63. The van der Waals surface area contributed by atoms with Gasteiger partial charge in [0.2, 0.25) is 0 Å². The second-order valence-corrected chi connectivity index (χ2v) is 7.22. The molecule has 0 aromatic heterocycles. The van der Waals surface area contributed by atoms with Crippen LogP contribution in [-0.4, -0.2) is 30.8 Å². The van der Waals surface area contributed by atoms with E-state index in [-0.39, 0.29) is 11.1 Å². The Balaban J connectivity index is 2.22. The van der Waals surface area contributed by atoms with Crippen LogP contribution in [0, 0.1) is 0 Å². The first kappa shape index (κ1) is 14.9.